The SMILES string of the molecule is COC(=O)N1CC(C)(OC)C1.COc1ccc(C2CCC(CN(C(=O)C3CCCCC3)c3cc(-c4coc(C5CC5)n4)ccn3)CC2)nc1C. The van der Waals surface area contributed by atoms with E-state index in [9.17, 15) is 9.59 Å². The average molecular weight is 688 g/mol. The number of pyridine rings is 2. The second-order valence-corrected chi connectivity index (χ2v) is 14.8. The molecule has 2 amide bonds. The van der Waals surface area contributed by atoms with Crippen molar-refractivity contribution in [3.05, 3.63) is 54.0 Å². The Morgan fingerprint density at radius 1 is 0.940 bits per heavy atom. The molecule has 50 heavy (non-hydrogen) atoms. The van der Waals surface area contributed by atoms with Crippen molar-refractivity contribution < 1.29 is 28.2 Å². The summed E-state index contributed by atoms with van der Waals surface area (Å²) in [5.74, 6) is 4.14. The third-order valence-electron chi connectivity index (χ3n) is 10.9. The van der Waals surface area contributed by atoms with Gasteiger partial charge in [0.15, 0.2) is 5.89 Å². The molecular formula is C39H53N5O6. The second kappa shape index (κ2) is 15.9. The summed E-state index contributed by atoms with van der Waals surface area (Å²) in [4.78, 5) is 42.7. The van der Waals surface area contributed by atoms with Gasteiger partial charge in [0.05, 0.1) is 33.0 Å². The van der Waals surface area contributed by atoms with Crippen LogP contribution in [0.2, 0.25) is 0 Å². The van der Waals surface area contributed by atoms with Crippen molar-refractivity contribution in [3.63, 3.8) is 0 Å². The molecule has 0 radical (unpaired) electrons. The summed E-state index contributed by atoms with van der Waals surface area (Å²) in [5, 5.41) is 0. The molecule has 4 fully saturated rings. The van der Waals surface area contributed by atoms with E-state index in [1.165, 1.54) is 13.5 Å². The first kappa shape index (κ1) is 35.8. The number of nitrogens with zero attached hydrogens (tertiary/aromatic N) is 5. The van der Waals surface area contributed by atoms with Crippen LogP contribution in [0.4, 0.5) is 10.6 Å². The van der Waals surface area contributed by atoms with Crippen molar-refractivity contribution >= 4 is 17.8 Å². The molecular weight excluding hydrogens is 634 g/mol. The Hall–Kier alpha value is -3.99. The van der Waals surface area contributed by atoms with Crippen LogP contribution < -0.4 is 9.64 Å². The fourth-order valence-electron chi connectivity index (χ4n) is 7.59. The zero-order chi connectivity index (χ0) is 35.3. The Balaban J connectivity index is 0.000000336. The van der Waals surface area contributed by atoms with Gasteiger partial charge in [-0.2, -0.15) is 0 Å². The molecule has 3 aromatic rings. The van der Waals surface area contributed by atoms with Crippen LogP contribution in [-0.4, -0.2) is 78.4 Å². The van der Waals surface area contributed by atoms with E-state index >= 15 is 0 Å². The van der Waals surface area contributed by atoms with Crippen molar-refractivity contribution in [2.45, 2.75) is 102 Å². The molecule has 11 nitrogen and oxygen atoms in total. The van der Waals surface area contributed by atoms with Crippen LogP contribution in [0.5, 0.6) is 5.75 Å². The van der Waals surface area contributed by atoms with E-state index in [1.807, 2.05) is 43.1 Å². The van der Waals surface area contributed by atoms with E-state index in [-0.39, 0.29) is 23.5 Å². The van der Waals surface area contributed by atoms with Crippen molar-refractivity contribution in [1.29, 1.82) is 0 Å². The number of likely N-dealkylation sites (tertiary alicyclic amines) is 1. The molecule has 0 bridgehead atoms. The predicted octanol–water partition coefficient (Wildman–Crippen LogP) is 7.69. The first-order valence-electron chi connectivity index (χ1n) is 18.3. The number of oxazole rings is 1. The van der Waals surface area contributed by atoms with Crippen molar-refractivity contribution in [2.75, 3.05) is 45.9 Å². The number of ether oxygens (including phenoxy) is 3. The third kappa shape index (κ3) is 8.48. The normalized spacial score (nSPS) is 21.7. The van der Waals surface area contributed by atoms with Crippen molar-refractivity contribution in [1.82, 2.24) is 19.9 Å². The van der Waals surface area contributed by atoms with Crippen LogP contribution in [0.1, 0.15) is 107 Å². The summed E-state index contributed by atoms with van der Waals surface area (Å²) in [6.45, 7) is 5.94. The maximum atomic E-state index is 13.9. The molecule has 270 valence electrons. The lowest BCUT2D eigenvalue weighted by Gasteiger charge is -2.45. The molecule has 11 heteroatoms. The fraction of sp³-hybridized carbons (Fsp3) is 0.615. The maximum Gasteiger partial charge on any atom is 0.409 e. The largest absolute Gasteiger partial charge is 0.495 e. The Kier molecular flexibility index (Phi) is 11.4. The van der Waals surface area contributed by atoms with E-state index in [1.54, 1.807) is 25.4 Å². The Labute approximate surface area is 296 Å². The van der Waals surface area contributed by atoms with E-state index < -0.39 is 0 Å². The van der Waals surface area contributed by atoms with Gasteiger partial charge < -0.3 is 23.5 Å². The van der Waals surface area contributed by atoms with Crippen LogP contribution in [0.25, 0.3) is 11.3 Å². The minimum atomic E-state index is -0.278. The number of anilines is 1. The number of aromatic nitrogens is 3. The molecule has 0 unspecified atom stereocenters. The molecule has 0 atom stereocenters. The molecule has 7 rings (SSSR count). The molecule has 0 spiro atoms. The zero-order valence-electron chi connectivity index (χ0n) is 30.4. The summed E-state index contributed by atoms with van der Waals surface area (Å²) < 4.78 is 20.8. The van der Waals surface area contributed by atoms with Crippen molar-refractivity contribution in [3.8, 4) is 17.0 Å². The Bertz CT molecular complexity index is 1600. The lowest BCUT2D eigenvalue weighted by molar-refractivity contribution is -0.123. The highest BCUT2D eigenvalue weighted by molar-refractivity contribution is 5.94. The fourth-order valence-corrected chi connectivity index (χ4v) is 7.59. The number of amides is 2. The molecule has 4 heterocycles. The van der Waals surface area contributed by atoms with Gasteiger partial charge in [0, 0.05) is 48.9 Å². The van der Waals surface area contributed by atoms with Crippen LogP contribution in [-0.2, 0) is 14.3 Å². The minimum absolute atomic E-state index is 0.0977. The standard InChI is InChI=1S/C32H40N4O3.C7H13NO3/c1-21-29(38-2)15-14-27(34-21)23-10-8-22(9-11-23)19-36(32(37)25-6-4-3-5-7-25)30-18-26(16-17-33-30)28-20-39-31(35-28)24-12-13-24;1-7(11-3)4-8(5-7)6(9)10-2/h14-18,20,22-25H,3-13,19H2,1-2H3;4-5H2,1-3H3. The van der Waals surface area contributed by atoms with Gasteiger partial charge in [-0.05, 0) is 95.4 Å². The van der Waals surface area contributed by atoms with Gasteiger partial charge in [-0.1, -0.05) is 19.3 Å². The number of aryl methyl sites for hydroxylation is 1. The van der Waals surface area contributed by atoms with Gasteiger partial charge in [0.25, 0.3) is 0 Å². The highest BCUT2D eigenvalue weighted by Crippen LogP contribution is 2.41. The van der Waals surface area contributed by atoms with Gasteiger partial charge in [-0.15, -0.1) is 0 Å². The smallest absolute Gasteiger partial charge is 0.409 e. The molecule has 3 aromatic heterocycles. The maximum absolute atomic E-state index is 13.9. The van der Waals surface area contributed by atoms with Gasteiger partial charge in [0.2, 0.25) is 5.91 Å². The van der Waals surface area contributed by atoms with E-state index in [4.69, 9.17) is 28.8 Å². The van der Waals surface area contributed by atoms with Crippen molar-refractivity contribution in [2.24, 2.45) is 11.8 Å². The quantitative estimate of drug-likeness (QED) is 0.223. The number of rotatable bonds is 9. The summed E-state index contributed by atoms with van der Waals surface area (Å²) in [6.07, 6.45) is 15.4. The minimum Gasteiger partial charge on any atom is -0.495 e. The highest BCUT2D eigenvalue weighted by Gasteiger charge is 2.42. The number of carbonyl (C=O) groups is 2. The lowest BCUT2D eigenvalue weighted by atomic mass is 9.79. The second-order valence-electron chi connectivity index (χ2n) is 14.8. The van der Waals surface area contributed by atoms with Gasteiger partial charge in [-0.25, -0.2) is 14.8 Å². The molecule has 3 saturated carbocycles. The number of carbonyl (C=O) groups excluding carboxylic acids is 2. The summed E-state index contributed by atoms with van der Waals surface area (Å²) in [6, 6.07) is 8.15. The van der Waals surface area contributed by atoms with Gasteiger partial charge in [-0.3, -0.25) is 14.7 Å². The van der Waals surface area contributed by atoms with Crippen LogP contribution in [0, 0.1) is 18.8 Å². The van der Waals surface area contributed by atoms with Crippen LogP contribution in [0.15, 0.2) is 41.1 Å². The number of hydrogen-bond acceptors (Lipinski definition) is 9. The monoisotopic (exact) mass is 687 g/mol. The lowest BCUT2D eigenvalue weighted by Crippen LogP contribution is -2.62. The zero-order valence-corrected chi connectivity index (χ0v) is 30.4. The Morgan fingerprint density at radius 3 is 2.30 bits per heavy atom. The third-order valence-corrected chi connectivity index (χ3v) is 10.9. The van der Waals surface area contributed by atoms with E-state index in [2.05, 4.69) is 10.8 Å². The number of methoxy groups -OCH3 is 3. The van der Waals surface area contributed by atoms with E-state index in [0.29, 0.717) is 30.8 Å². The summed E-state index contributed by atoms with van der Waals surface area (Å²) in [7, 11) is 4.72. The van der Waals surface area contributed by atoms with Gasteiger partial charge >= 0.3 is 6.09 Å². The molecule has 1 saturated heterocycles. The molecule has 0 aromatic carbocycles. The van der Waals surface area contributed by atoms with E-state index in [0.717, 1.165) is 111 Å². The summed E-state index contributed by atoms with van der Waals surface area (Å²) in [5.41, 5.74) is 3.74. The number of hydrogen-bond donors (Lipinski definition) is 0. The first-order valence-corrected chi connectivity index (χ1v) is 18.3. The molecule has 1 aliphatic heterocycles. The molecule has 4 aliphatic rings. The van der Waals surface area contributed by atoms with Gasteiger partial charge in [0.1, 0.15) is 29.1 Å². The first-order chi connectivity index (χ1) is 24.2. The highest BCUT2D eigenvalue weighted by atomic mass is 16.5. The van der Waals surface area contributed by atoms with Crippen LogP contribution in [0.3, 0.4) is 0 Å². The Morgan fingerprint density at radius 2 is 1.66 bits per heavy atom. The van der Waals surface area contributed by atoms with Crippen LogP contribution >= 0.6 is 0 Å². The molecule has 3 aliphatic carbocycles. The summed E-state index contributed by atoms with van der Waals surface area (Å²) >= 11 is 0. The predicted molar refractivity (Wildman–Crippen MR) is 190 cm³/mol. The topological polar surface area (TPSA) is 120 Å². The molecule has 0 N–H and O–H groups in total. The average Bonchev–Trinajstić information content (AvgIpc) is 3.88.